The highest BCUT2D eigenvalue weighted by Crippen LogP contribution is 2.32. The Kier molecular flexibility index (Phi) is 5.25. The second-order valence-electron chi connectivity index (χ2n) is 4.10. The minimum Gasteiger partial charge on any atom is -0.496 e. The number of benzene rings is 1. The molecule has 1 atom stereocenters. The van der Waals surface area contributed by atoms with E-state index >= 15 is 0 Å². The highest BCUT2D eigenvalue weighted by Gasteiger charge is 2.15. The lowest BCUT2D eigenvalue weighted by Gasteiger charge is -2.25. The lowest BCUT2D eigenvalue weighted by Crippen LogP contribution is -2.24. The van der Waals surface area contributed by atoms with E-state index in [9.17, 15) is 0 Å². The minimum atomic E-state index is -0.0638. The van der Waals surface area contributed by atoms with Crippen LogP contribution in [0.2, 0.25) is 0 Å². The van der Waals surface area contributed by atoms with Crippen LogP contribution in [0, 0.1) is 0 Å². The molecule has 1 aromatic carbocycles. The summed E-state index contributed by atoms with van der Waals surface area (Å²) in [5.41, 5.74) is 8.15. The van der Waals surface area contributed by atoms with Gasteiger partial charge in [-0.3, -0.25) is 0 Å². The van der Waals surface area contributed by atoms with Gasteiger partial charge in [0.2, 0.25) is 0 Å². The van der Waals surface area contributed by atoms with Gasteiger partial charge in [0.15, 0.2) is 0 Å². The van der Waals surface area contributed by atoms with Crippen LogP contribution >= 0.6 is 0 Å². The second kappa shape index (κ2) is 6.47. The minimum absolute atomic E-state index is 0.0638. The predicted molar refractivity (Wildman–Crippen MR) is 70.7 cm³/mol. The van der Waals surface area contributed by atoms with E-state index in [0.717, 1.165) is 23.5 Å². The molecular formula is C13H22N2O2. The zero-order valence-electron chi connectivity index (χ0n) is 11.1. The van der Waals surface area contributed by atoms with Gasteiger partial charge in [-0.1, -0.05) is 6.07 Å². The summed E-state index contributed by atoms with van der Waals surface area (Å²) < 4.78 is 10.5. The molecule has 0 spiro atoms. The van der Waals surface area contributed by atoms with Crippen LogP contribution in [0.15, 0.2) is 18.2 Å². The molecule has 0 fully saturated rings. The van der Waals surface area contributed by atoms with E-state index in [4.69, 9.17) is 15.2 Å². The number of hydrogen-bond acceptors (Lipinski definition) is 4. The number of anilines is 1. The average molecular weight is 238 g/mol. The number of methoxy groups -OCH3 is 2. The van der Waals surface area contributed by atoms with Crippen LogP contribution < -0.4 is 15.4 Å². The van der Waals surface area contributed by atoms with Gasteiger partial charge < -0.3 is 20.1 Å². The third-order valence-corrected chi connectivity index (χ3v) is 2.76. The van der Waals surface area contributed by atoms with Crippen LogP contribution in [0.25, 0.3) is 0 Å². The Bertz CT molecular complexity index is 353. The van der Waals surface area contributed by atoms with Crippen molar-refractivity contribution in [2.75, 3.05) is 39.3 Å². The van der Waals surface area contributed by atoms with Gasteiger partial charge in [-0.05, 0) is 19.1 Å². The molecule has 4 heteroatoms. The normalized spacial score (nSPS) is 12.3. The molecule has 1 rings (SSSR count). The summed E-state index contributed by atoms with van der Waals surface area (Å²) in [6.07, 6.45) is 0. The molecule has 1 aromatic rings. The molecule has 2 N–H and O–H groups in total. The topological polar surface area (TPSA) is 47.7 Å². The maximum atomic E-state index is 6.02. The molecule has 0 aliphatic heterocycles. The van der Waals surface area contributed by atoms with Gasteiger partial charge in [0.25, 0.3) is 0 Å². The van der Waals surface area contributed by atoms with Crippen molar-refractivity contribution >= 4 is 5.69 Å². The van der Waals surface area contributed by atoms with Crippen LogP contribution in [-0.2, 0) is 4.74 Å². The van der Waals surface area contributed by atoms with E-state index in [2.05, 4.69) is 11.0 Å². The van der Waals surface area contributed by atoms with Gasteiger partial charge in [-0.15, -0.1) is 0 Å². The van der Waals surface area contributed by atoms with Crippen molar-refractivity contribution in [3.63, 3.8) is 0 Å². The lowest BCUT2D eigenvalue weighted by molar-refractivity contribution is 0.206. The van der Waals surface area contributed by atoms with Crippen LogP contribution in [0.3, 0.4) is 0 Å². The Morgan fingerprint density at radius 1 is 1.35 bits per heavy atom. The Hall–Kier alpha value is -1.26. The Morgan fingerprint density at radius 2 is 2.06 bits per heavy atom. The van der Waals surface area contributed by atoms with Crippen molar-refractivity contribution in [2.45, 2.75) is 13.0 Å². The monoisotopic (exact) mass is 238 g/mol. The molecule has 0 aliphatic carbocycles. The molecular weight excluding hydrogens is 216 g/mol. The van der Waals surface area contributed by atoms with Gasteiger partial charge in [-0.25, -0.2) is 0 Å². The van der Waals surface area contributed by atoms with Gasteiger partial charge in [0.05, 0.1) is 13.7 Å². The molecule has 0 aromatic heterocycles. The number of hydrogen-bond donors (Lipinski definition) is 1. The van der Waals surface area contributed by atoms with Crippen molar-refractivity contribution in [1.29, 1.82) is 0 Å². The summed E-state index contributed by atoms with van der Waals surface area (Å²) in [4.78, 5) is 2.13. The number of nitrogens with two attached hydrogens (primary N) is 1. The highest BCUT2D eigenvalue weighted by molar-refractivity contribution is 5.60. The summed E-state index contributed by atoms with van der Waals surface area (Å²) in [6, 6.07) is 5.90. The largest absolute Gasteiger partial charge is 0.496 e. The summed E-state index contributed by atoms with van der Waals surface area (Å²) in [7, 11) is 5.39. The van der Waals surface area contributed by atoms with Crippen molar-refractivity contribution in [3.05, 3.63) is 23.8 Å². The molecule has 0 unspecified atom stereocenters. The summed E-state index contributed by atoms with van der Waals surface area (Å²) in [6.45, 7) is 3.47. The van der Waals surface area contributed by atoms with E-state index in [1.165, 1.54) is 0 Å². The summed E-state index contributed by atoms with van der Waals surface area (Å²) in [5, 5.41) is 0. The first-order valence-corrected chi connectivity index (χ1v) is 5.74. The quantitative estimate of drug-likeness (QED) is 0.821. The predicted octanol–water partition coefficient (Wildman–Crippen LogP) is 1.80. The van der Waals surface area contributed by atoms with Crippen LogP contribution in [0.4, 0.5) is 5.69 Å². The van der Waals surface area contributed by atoms with Gasteiger partial charge in [-0.2, -0.15) is 0 Å². The SMILES string of the molecule is COCCN(C)c1cccc(OC)c1[C@H](C)N. The van der Waals surface area contributed by atoms with Crippen LogP contribution in [-0.4, -0.2) is 34.4 Å². The number of likely N-dealkylation sites (N-methyl/N-ethyl adjacent to an activating group) is 1. The molecule has 0 bridgehead atoms. The first-order chi connectivity index (χ1) is 8.11. The third kappa shape index (κ3) is 3.35. The molecule has 0 saturated heterocycles. The molecule has 96 valence electrons. The van der Waals surface area contributed by atoms with Crippen molar-refractivity contribution in [1.82, 2.24) is 0 Å². The zero-order valence-corrected chi connectivity index (χ0v) is 11.1. The fourth-order valence-electron chi connectivity index (χ4n) is 1.85. The van der Waals surface area contributed by atoms with E-state index in [0.29, 0.717) is 6.61 Å². The number of nitrogens with zero attached hydrogens (tertiary/aromatic N) is 1. The van der Waals surface area contributed by atoms with E-state index in [1.807, 2.05) is 26.1 Å². The van der Waals surface area contributed by atoms with Crippen molar-refractivity contribution in [2.24, 2.45) is 5.73 Å². The highest BCUT2D eigenvalue weighted by atomic mass is 16.5. The molecule has 4 nitrogen and oxygen atoms in total. The Morgan fingerprint density at radius 3 is 2.59 bits per heavy atom. The lowest BCUT2D eigenvalue weighted by atomic mass is 10.0. The molecule has 0 aliphatic rings. The van der Waals surface area contributed by atoms with E-state index in [-0.39, 0.29) is 6.04 Å². The first-order valence-electron chi connectivity index (χ1n) is 5.74. The van der Waals surface area contributed by atoms with Crippen LogP contribution in [0.5, 0.6) is 5.75 Å². The molecule has 0 radical (unpaired) electrons. The van der Waals surface area contributed by atoms with Gasteiger partial charge >= 0.3 is 0 Å². The zero-order chi connectivity index (χ0) is 12.8. The van der Waals surface area contributed by atoms with Gasteiger partial charge in [0.1, 0.15) is 5.75 Å². The third-order valence-electron chi connectivity index (χ3n) is 2.76. The standard InChI is InChI=1S/C13H22N2O2/c1-10(14)13-11(15(2)8-9-16-3)6-5-7-12(13)17-4/h5-7,10H,8-9,14H2,1-4H3/t10-/m0/s1. The second-order valence-corrected chi connectivity index (χ2v) is 4.10. The molecule has 0 amide bonds. The van der Waals surface area contributed by atoms with E-state index in [1.54, 1.807) is 14.2 Å². The maximum absolute atomic E-state index is 6.02. The fourth-order valence-corrected chi connectivity index (χ4v) is 1.85. The average Bonchev–Trinajstić information content (AvgIpc) is 2.34. The van der Waals surface area contributed by atoms with Crippen LogP contribution in [0.1, 0.15) is 18.5 Å². The molecule has 17 heavy (non-hydrogen) atoms. The van der Waals surface area contributed by atoms with Crippen molar-refractivity contribution in [3.8, 4) is 5.75 Å². The van der Waals surface area contributed by atoms with E-state index < -0.39 is 0 Å². The number of rotatable bonds is 6. The Labute approximate surface area is 103 Å². The summed E-state index contributed by atoms with van der Waals surface area (Å²) in [5.74, 6) is 0.835. The molecule has 0 saturated carbocycles. The Balaban J connectivity index is 3.05. The molecule has 0 heterocycles. The number of ether oxygens (including phenoxy) is 2. The fraction of sp³-hybridized carbons (Fsp3) is 0.538. The smallest absolute Gasteiger partial charge is 0.125 e. The maximum Gasteiger partial charge on any atom is 0.125 e. The van der Waals surface area contributed by atoms with Gasteiger partial charge in [0, 0.05) is 38.0 Å². The van der Waals surface area contributed by atoms with Crippen molar-refractivity contribution < 1.29 is 9.47 Å². The first kappa shape index (κ1) is 13.8. The summed E-state index contributed by atoms with van der Waals surface area (Å²) >= 11 is 0.